The van der Waals surface area contributed by atoms with Gasteiger partial charge < -0.3 is 28.6 Å². The van der Waals surface area contributed by atoms with Crippen molar-refractivity contribution in [1.29, 1.82) is 0 Å². The van der Waals surface area contributed by atoms with Crippen molar-refractivity contribution in [1.82, 2.24) is 19.4 Å². The minimum absolute atomic E-state index is 0.0274. The molecule has 2 aromatic carbocycles. The van der Waals surface area contributed by atoms with Crippen LogP contribution < -0.4 is 9.47 Å². The van der Waals surface area contributed by atoms with Gasteiger partial charge in [-0.15, -0.1) is 0 Å². The SMILES string of the molecule is COC(=O)c1ccc2nc(CN3CC[C@H](Oc4ccnc(COc5ccc(Cl)cc5F)c4)C[C@@H]3CO)n(C[C@@H]3CCO3)c2c1. The Bertz CT molecular complexity index is 1630. The van der Waals surface area contributed by atoms with Crippen molar-refractivity contribution >= 4 is 28.6 Å². The lowest BCUT2D eigenvalue weighted by molar-refractivity contribution is -0.0594. The average molecular weight is 625 g/mol. The number of fused-ring (bicyclic) bond motifs is 1. The van der Waals surface area contributed by atoms with E-state index in [0.29, 0.717) is 48.1 Å². The summed E-state index contributed by atoms with van der Waals surface area (Å²) < 4.78 is 38.7. The third kappa shape index (κ3) is 6.81. The molecule has 0 amide bonds. The van der Waals surface area contributed by atoms with Gasteiger partial charge in [0.1, 0.15) is 24.3 Å². The highest BCUT2D eigenvalue weighted by Gasteiger charge is 2.31. The van der Waals surface area contributed by atoms with Gasteiger partial charge in [0.25, 0.3) is 0 Å². The predicted octanol–water partition coefficient (Wildman–Crippen LogP) is 4.78. The topological polar surface area (TPSA) is 108 Å². The minimum atomic E-state index is -0.537. The van der Waals surface area contributed by atoms with Gasteiger partial charge in [0.15, 0.2) is 11.6 Å². The second kappa shape index (κ2) is 13.5. The van der Waals surface area contributed by atoms with Gasteiger partial charge in [0.2, 0.25) is 0 Å². The molecule has 12 heteroatoms. The Morgan fingerprint density at radius 2 is 2.05 bits per heavy atom. The van der Waals surface area contributed by atoms with Gasteiger partial charge in [0, 0.05) is 42.9 Å². The molecule has 0 radical (unpaired) electrons. The standard InChI is InChI=1S/C32H34ClFN4O6/c1-41-32(40)20-2-4-28-29(12-20)38(16-26-8-11-42-26)31(36-28)17-37-10-7-25(15-23(37)18-39)44-24-6-9-35-22(14-24)19-43-30-5-3-21(33)13-27(30)34/h2-6,9,12-14,23,25-26,39H,7-8,10-11,15-19H2,1H3/t23-,25+,26+/m1/s1. The van der Waals surface area contributed by atoms with Gasteiger partial charge in [-0.3, -0.25) is 9.88 Å². The molecule has 0 bridgehead atoms. The van der Waals surface area contributed by atoms with Crippen LogP contribution in [0.5, 0.6) is 11.5 Å². The van der Waals surface area contributed by atoms with Crippen molar-refractivity contribution < 1.29 is 33.2 Å². The summed E-state index contributed by atoms with van der Waals surface area (Å²) in [6, 6.07) is 13.1. The van der Waals surface area contributed by atoms with Crippen LogP contribution in [0.2, 0.25) is 5.02 Å². The summed E-state index contributed by atoms with van der Waals surface area (Å²) in [6.07, 6.45) is 3.96. The van der Waals surface area contributed by atoms with Crippen LogP contribution in [0.15, 0.2) is 54.7 Å². The van der Waals surface area contributed by atoms with E-state index >= 15 is 0 Å². The number of methoxy groups -OCH3 is 1. The van der Waals surface area contributed by atoms with Crippen LogP contribution in [0, 0.1) is 5.82 Å². The normalized spacial score (nSPS) is 20.3. The predicted molar refractivity (Wildman–Crippen MR) is 160 cm³/mol. The summed E-state index contributed by atoms with van der Waals surface area (Å²) in [5.41, 5.74) is 2.71. The van der Waals surface area contributed by atoms with Crippen LogP contribution >= 0.6 is 11.6 Å². The number of esters is 1. The Balaban J connectivity index is 1.12. The van der Waals surface area contributed by atoms with Crippen LogP contribution in [0.4, 0.5) is 4.39 Å². The number of carbonyl (C=O) groups is 1. The molecule has 0 unspecified atom stereocenters. The highest BCUT2D eigenvalue weighted by atomic mass is 35.5. The van der Waals surface area contributed by atoms with E-state index in [-0.39, 0.29) is 37.2 Å². The minimum Gasteiger partial charge on any atom is -0.490 e. The number of ether oxygens (including phenoxy) is 4. The second-order valence-electron chi connectivity index (χ2n) is 11.0. The monoisotopic (exact) mass is 624 g/mol. The van der Waals surface area contributed by atoms with E-state index < -0.39 is 11.8 Å². The number of nitrogens with zero attached hydrogens (tertiary/aromatic N) is 4. The molecule has 6 rings (SSSR count). The largest absolute Gasteiger partial charge is 0.490 e. The molecule has 232 valence electrons. The van der Waals surface area contributed by atoms with Crippen molar-refractivity contribution in [2.24, 2.45) is 0 Å². The lowest BCUT2D eigenvalue weighted by atomic mass is 9.99. The Kier molecular flexibility index (Phi) is 9.27. The van der Waals surface area contributed by atoms with Crippen LogP contribution in [0.25, 0.3) is 11.0 Å². The first-order valence-electron chi connectivity index (χ1n) is 14.6. The first-order valence-corrected chi connectivity index (χ1v) is 15.0. The zero-order chi connectivity index (χ0) is 30.6. The van der Waals surface area contributed by atoms with Gasteiger partial charge in [0.05, 0.1) is 55.2 Å². The maximum absolute atomic E-state index is 14.1. The van der Waals surface area contributed by atoms with Crippen molar-refractivity contribution in [3.05, 3.63) is 82.6 Å². The Hall–Kier alpha value is -3.77. The highest BCUT2D eigenvalue weighted by molar-refractivity contribution is 6.30. The number of pyridine rings is 1. The molecule has 0 aliphatic carbocycles. The molecule has 3 atom stereocenters. The fraction of sp³-hybridized carbons (Fsp3) is 0.406. The number of carbonyl (C=O) groups excluding carboxylic acids is 1. The van der Waals surface area contributed by atoms with E-state index in [1.165, 1.54) is 19.2 Å². The summed E-state index contributed by atoms with van der Waals surface area (Å²) in [5, 5.41) is 10.6. The van der Waals surface area contributed by atoms with Gasteiger partial charge in [-0.25, -0.2) is 14.2 Å². The third-order valence-electron chi connectivity index (χ3n) is 8.13. The number of piperidine rings is 1. The number of hydrogen-bond donors (Lipinski definition) is 1. The number of benzene rings is 2. The van der Waals surface area contributed by atoms with E-state index in [1.807, 2.05) is 12.1 Å². The van der Waals surface area contributed by atoms with E-state index in [2.05, 4.69) is 14.5 Å². The maximum Gasteiger partial charge on any atom is 0.337 e. The fourth-order valence-electron chi connectivity index (χ4n) is 5.67. The zero-order valence-corrected chi connectivity index (χ0v) is 25.1. The number of aromatic nitrogens is 3. The molecular formula is C32H34ClFN4O6. The fourth-order valence-corrected chi connectivity index (χ4v) is 5.83. The van der Waals surface area contributed by atoms with E-state index in [4.69, 9.17) is 35.5 Å². The lowest BCUT2D eigenvalue weighted by Crippen LogP contribution is -2.47. The second-order valence-corrected chi connectivity index (χ2v) is 11.5. The maximum atomic E-state index is 14.1. The van der Waals surface area contributed by atoms with Crippen LogP contribution in [0.1, 0.15) is 41.1 Å². The molecule has 1 N–H and O–H groups in total. The molecule has 44 heavy (non-hydrogen) atoms. The number of rotatable bonds is 11. The number of likely N-dealkylation sites (tertiary alicyclic amines) is 1. The molecule has 2 aliphatic rings. The van der Waals surface area contributed by atoms with Gasteiger partial charge >= 0.3 is 5.97 Å². The van der Waals surface area contributed by atoms with Crippen molar-refractivity contribution in [3.8, 4) is 11.5 Å². The molecule has 10 nitrogen and oxygen atoms in total. The Labute approximate surface area is 259 Å². The van der Waals surface area contributed by atoms with E-state index in [0.717, 1.165) is 36.3 Å². The molecule has 0 spiro atoms. The summed E-state index contributed by atoms with van der Waals surface area (Å²) >= 11 is 5.82. The van der Waals surface area contributed by atoms with E-state index in [9.17, 15) is 14.3 Å². The first-order chi connectivity index (χ1) is 21.4. The summed E-state index contributed by atoms with van der Waals surface area (Å²) in [4.78, 5) is 23.7. The van der Waals surface area contributed by atoms with Crippen LogP contribution in [0.3, 0.4) is 0 Å². The Morgan fingerprint density at radius 3 is 2.80 bits per heavy atom. The highest BCUT2D eigenvalue weighted by Crippen LogP contribution is 2.28. The number of imidazole rings is 1. The lowest BCUT2D eigenvalue weighted by Gasteiger charge is -2.38. The molecule has 4 heterocycles. The van der Waals surface area contributed by atoms with Gasteiger partial charge in [-0.2, -0.15) is 0 Å². The quantitative estimate of drug-likeness (QED) is 0.236. The smallest absolute Gasteiger partial charge is 0.337 e. The number of aliphatic hydroxyl groups excluding tert-OH is 1. The first kappa shape index (κ1) is 30.3. The molecule has 0 saturated carbocycles. The van der Waals surface area contributed by atoms with E-state index in [1.54, 1.807) is 30.5 Å². The summed E-state index contributed by atoms with van der Waals surface area (Å²) in [7, 11) is 1.37. The van der Waals surface area contributed by atoms with Crippen molar-refractivity contribution in [2.45, 2.75) is 57.2 Å². The third-order valence-corrected chi connectivity index (χ3v) is 8.37. The van der Waals surface area contributed by atoms with Crippen LogP contribution in [-0.2, 0) is 29.2 Å². The average Bonchev–Trinajstić information content (AvgIpc) is 3.34. The number of hydrogen-bond acceptors (Lipinski definition) is 9. The molecule has 2 aromatic heterocycles. The Morgan fingerprint density at radius 1 is 1.18 bits per heavy atom. The molecule has 2 aliphatic heterocycles. The number of halogens is 2. The molecular weight excluding hydrogens is 591 g/mol. The van der Waals surface area contributed by atoms with Crippen molar-refractivity contribution in [3.63, 3.8) is 0 Å². The van der Waals surface area contributed by atoms with Crippen LogP contribution in [-0.4, -0.2) is 75.6 Å². The molecule has 2 saturated heterocycles. The van der Waals surface area contributed by atoms with Crippen molar-refractivity contribution in [2.75, 3.05) is 26.9 Å². The summed E-state index contributed by atoms with van der Waals surface area (Å²) in [6.45, 7) is 2.65. The number of aliphatic hydroxyl groups is 1. The zero-order valence-electron chi connectivity index (χ0n) is 24.3. The van der Waals surface area contributed by atoms with Gasteiger partial charge in [-0.1, -0.05) is 11.6 Å². The van der Waals surface area contributed by atoms with Gasteiger partial charge in [-0.05, 0) is 55.3 Å². The molecule has 4 aromatic rings. The summed E-state index contributed by atoms with van der Waals surface area (Å²) in [5.74, 6) is 0.649. The molecule has 2 fully saturated rings.